The topological polar surface area (TPSA) is 59.6 Å². The van der Waals surface area contributed by atoms with E-state index in [0.29, 0.717) is 24.6 Å². The summed E-state index contributed by atoms with van der Waals surface area (Å²) in [6.45, 7) is 4.78. The minimum atomic E-state index is -0.270. The van der Waals surface area contributed by atoms with Gasteiger partial charge in [-0.2, -0.15) is 0 Å². The summed E-state index contributed by atoms with van der Waals surface area (Å²) >= 11 is 0. The molecule has 3 rings (SSSR count). The number of fused-ring (bicyclic) bond motifs is 1. The summed E-state index contributed by atoms with van der Waals surface area (Å²) in [7, 11) is 0. The zero-order chi connectivity index (χ0) is 19.1. The summed E-state index contributed by atoms with van der Waals surface area (Å²) in [5, 5.41) is 5.67. The molecule has 2 amide bonds. The van der Waals surface area contributed by atoms with Crippen LogP contribution in [0.3, 0.4) is 0 Å². The smallest absolute Gasteiger partial charge is 0.319 e. The number of urea groups is 1. The van der Waals surface area contributed by atoms with E-state index >= 15 is 0 Å². The van der Waals surface area contributed by atoms with Gasteiger partial charge in [0.15, 0.2) is 0 Å². The van der Waals surface area contributed by atoms with Crippen molar-refractivity contribution in [3.63, 3.8) is 0 Å². The Labute approximate surface area is 161 Å². The Bertz CT molecular complexity index is 774. The van der Waals surface area contributed by atoms with Crippen LogP contribution in [0.15, 0.2) is 42.5 Å². The van der Waals surface area contributed by atoms with Gasteiger partial charge in [-0.3, -0.25) is 0 Å². The van der Waals surface area contributed by atoms with Crippen molar-refractivity contribution in [2.24, 2.45) is 0 Å². The summed E-state index contributed by atoms with van der Waals surface area (Å²) in [5.41, 5.74) is 3.38. The number of amides is 2. The Morgan fingerprint density at radius 2 is 1.81 bits per heavy atom. The third-order valence-electron chi connectivity index (χ3n) is 4.50. The fourth-order valence-electron chi connectivity index (χ4n) is 3.30. The van der Waals surface area contributed by atoms with Gasteiger partial charge in [0.1, 0.15) is 18.1 Å². The molecular formula is C22H28N2O3. The number of rotatable bonds is 7. The SMILES string of the molecule is CC(C)Oc1ccccc1NC(=O)NCCOc1cccc2c1CCCC2. The van der Waals surface area contributed by atoms with E-state index in [1.807, 2.05) is 50.2 Å². The minimum absolute atomic E-state index is 0.0428. The molecule has 0 radical (unpaired) electrons. The number of hydrogen-bond acceptors (Lipinski definition) is 3. The molecule has 0 unspecified atom stereocenters. The van der Waals surface area contributed by atoms with E-state index in [9.17, 15) is 4.79 Å². The molecule has 144 valence electrons. The van der Waals surface area contributed by atoms with E-state index in [4.69, 9.17) is 9.47 Å². The first-order chi connectivity index (χ1) is 13.1. The lowest BCUT2D eigenvalue weighted by atomic mass is 9.91. The van der Waals surface area contributed by atoms with Gasteiger partial charge in [-0.1, -0.05) is 24.3 Å². The second-order valence-corrected chi connectivity index (χ2v) is 6.99. The van der Waals surface area contributed by atoms with Gasteiger partial charge in [0.25, 0.3) is 0 Å². The van der Waals surface area contributed by atoms with Gasteiger partial charge in [0.2, 0.25) is 0 Å². The van der Waals surface area contributed by atoms with Gasteiger partial charge in [0, 0.05) is 0 Å². The molecule has 0 heterocycles. The molecule has 1 aliphatic carbocycles. The molecule has 0 aliphatic heterocycles. The molecule has 0 bridgehead atoms. The number of benzene rings is 2. The molecule has 5 nitrogen and oxygen atoms in total. The average Bonchev–Trinajstić information content (AvgIpc) is 2.66. The third-order valence-corrected chi connectivity index (χ3v) is 4.50. The zero-order valence-corrected chi connectivity index (χ0v) is 16.1. The van der Waals surface area contributed by atoms with Gasteiger partial charge in [-0.25, -0.2) is 4.79 Å². The lowest BCUT2D eigenvalue weighted by Crippen LogP contribution is -2.32. The van der Waals surface area contributed by atoms with Crippen molar-refractivity contribution in [3.8, 4) is 11.5 Å². The summed E-state index contributed by atoms with van der Waals surface area (Å²) in [6.07, 6.45) is 4.71. The van der Waals surface area contributed by atoms with Crippen LogP contribution in [0.2, 0.25) is 0 Å². The maximum atomic E-state index is 12.2. The number of para-hydroxylation sites is 2. The normalized spacial score (nSPS) is 13.0. The molecule has 2 N–H and O–H groups in total. The van der Waals surface area contributed by atoms with Gasteiger partial charge in [-0.05, 0) is 68.9 Å². The van der Waals surface area contributed by atoms with Crippen LogP contribution in [0.5, 0.6) is 11.5 Å². The van der Waals surface area contributed by atoms with Gasteiger partial charge in [0.05, 0.1) is 18.3 Å². The number of hydrogen-bond donors (Lipinski definition) is 2. The van der Waals surface area contributed by atoms with Crippen molar-refractivity contribution in [3.05, 3.63) is 53.6 Å². The third kappa shape index (κ3) is 5.39. The lowest BCUT2D eigenvalue weighted by Gasteiger charge is -2.19. The molecule has 0 fully saturated rings. The van der Waals surface area contributed by atoms with Crippen LogP contribution in [-0.4, -0.2) is 25.3 Å². The minimum Gasteiger partial charge on any atom is -0.491 e. The highest BCUT2D eigenvalue weighted by atomic mass is 16.5. The standard InChI is InChI=1S/C22H28N2O3/c1-16(2)27-21-12-6-5-11-19(21)24-22(25)23-14-15-26-20-13-7-9-17-8-3-4-10-18(17)20/h5-7,9,11-13,16H,3-4,8,10,14-15H2,1-2H3,(H2,23,24,25). The molecule has 0 spiro atoms. The predicted molar refractivity (Wildman–Crippen MR) is 108 cm³/mol. The molecule has 1 aliphatic rings. The number of carbonyl (C=O) groups excluding carboxylic acids is 1. The Morgan fingerprint density at radius 3 is 2.67 bits per heavy atom. The average molecular weight is 368 g/mol. The fraction of sp³-hybridized carbons (Fsp3) is 0.409. The summed E-state index contributed by atoms with van der Waals surface area (Å²) in [6, 6.07) is 13.4. The van der Waals surface area contributed by atoms with Crippen molar-refractivity contribution < 1.29 is 14.3 Å². The summed E-state index contributed by atoms with van der Waals surface area (Å²) in [5.74, 6) is 1.61. The molecule has 0 saturated carbocycles. The molecule has 0 atom stereocenters. The highest BCUT2D eigenvalue weighted by Crippen LogP contribution is 2.29. The molecule has 27 heavy (non-hydrogen) atoms. The molecule has 0 saturated heterocycles. The van der Waals surface area contributed by atoms with Crippen LogP contribution in [0.25, 0.3) is 0 Å². The maximum Gasteiger partial charge on any atom is 0.319 e. The number of ether oxygens (including phenoxy) is 2. The highest BCUT2D eigenvalue weighted by Gasteiger charge is 2.14. The molecular weight excluding hydrogens is 340 g/mol. The Morgan fingerprint density at radius 1 is 1.04 bits per heavy atom. The molecule has 0 aromatic heterocycles. The molecule has 5 heteroatoms. The van der Waals surface area contributed by atoms with Crippen LogP contribution in [0.4, 0.5) is 10.5 Å². The van der Waals surface area contributed by atoms with E-state index in [1.165, 1.54) is 24.0 Å². The van der Waals surface area contributed by atoms with E-state index in [2.05, 4.69) is 16.7 Å². The second-order valence-electron chi connectivity index (χ2n) is 6.99. The number of anilines is 1. The quantitative estimate of drug-likeness (QED) is 0.705. The van der Waals surface area contributed by atoms with Gasteiger partial charge < -0.3 is 20.1 Å². The van der Waals surface area contributed by atoms with Crippen LogP contribution in [0, 0.1) is 0 Å². The van der Waals surface area contributed by atoms with E-state index in [1.54, 1.807) is 0 Å². The van der Waals surface area contributed by atoms with Crippen molar-refractivity contribution in [1.82, 2.24) is 5.32 Å². The first kappa shape index (κ1) is 19.1. The second kappa shape index (κ2) is 9.31. The largest absolute Gasteiger partial charge is 0.491 e. The van der Waals surface area contributed by atoms with Gasteiger partial charge in [-0.15, -0.1) is 0 Å². The zero-order valence-electron chi connectivity index (χ0n) is 16.1. The lowest BCUT2D eigenvalue weighted by molar-refractivity contribution is 0.240. The first-order valence-corrected chi connectivity index (χ1v) is 9.67. The van der Waals surface area contributed by atoms with Crippen molar-refractivity contribution >= 4 is 11.7 Å². The first-order valence-electron chi connectivity index (χ1n) is 9.67. The number of carbonyl (C=O) groups is 1. The van der Waals surface area contributed by atoms with Crippen molar-refractivity contribution in [2.45, 2.75) is 45.6 Å². The van der Waals surface area contributed by atoms with Crippen LogP contribution >= 0.6 is 0 Å². The van der Waals surface area contributed by atoms with E-state index < -0.39 is 0 Å². The van der Waals surface area contributed by atoms with Crippen LogP contribution in [0.1, 0.15) is 37.8 Å². The Hall–Kier alpha value is -2.69. The molecule has 2 aromatic rings. The highest BCUT2D eigenvalue weighted by molar-refractivity contribution is 5.90. The Kier molecular flexibility index (Phi) is 6.58. The molecule has 2 aromatic carbocycles. The van der Waals surface area contributed by atoms with Crippen LogP contribution < -0.4 is 20.1 Å². The monoisotopic (exact) mass is 368 g/mol. The van der Waals surface area contributed by atoms with Gasteiger partial charge >= 0.3 is 6.03 Å². The van der Waals surface area contributed by atoms with Crippen LogP contribution in [-0.2, 0) is 12.8 Å². The maximum absolute atomic E-state index is 12.2. The number of aryl methyl sites for hydroxylation is 1. The Balaban J connectivity index is 1.47. The number of nitrogens with one attached hydrogen (secondary N) is 2. The predicted octanol–water partition coefficient (Wildman–Crippen LogP) is 4.55. The van der Waals surface area contributed by atoms with Crippen molar-refractivity contribution in [2.75, 3.05) is 18.5 Å². The fourth-order valence-corrected chi connectivity index (χ4v) is 3.30. The van der Waals surface area contributed by atoms with E-state index in [0.717, 1.165) is 18.6 Å². The van der Waals surface area contributed by atoms with E-state index in [-0.39, 0.29) is 12.1 Å². The summed E-state index contributed by atoms with van der Waals surface area (Å²) < 4.78 is 11.6. The summed E-state index contributed by atoms with van der Waals surface area (Å²) in [4.78, 5) is 12.2. The van der Waals surface area contributed by atoms with Crippen molar-refractivity contribution in [1.29, 1.82) is 0 Å².